The summed E-state index contributed by atoms with van der Waals surface area (Å²) in [7, 11) is 1.61. The van der Waals surface area contributed by atoms with Gasteiger partial charge in [0.1, 0.15) is 6.10 Å². The summed E-state index contributed by atoms with van der Waals surface area (Å²) in [5.74, 6) is -0.248. The maximum absolute atomic E-state index is 12.2. The van der Waals surface area contributed by atoms with Gasteiger partial charge in [-0.05, 0) is 25.5 Å². The number of methoxy groups -OCH3 is 1. The van der Waals surface area contributed by atoms with Crippen molar-refractivity contribution in [2.24, 2.45) is 0 Å². The number of ether oxygens (including phenoxy) is 2. The Morgan fingerprint density at radius 2 is 2.10 bits per heavy atom. The Morgan fingerprint density at radius 3 is 2.80 bits per heavy atom. The van der Waals surface area contributed by atoms with Gasteiger partial charge >= 0.3 is 0 Å². The topological polar surface area (TPSA) is 64.6 Å². The van der Waals surface area contributed by atoms with E-state index < -0.39 is 0 Å². The summed E-state index contributed by atoms with van der Waals surface area (Å²) in [6.07, 6.45) is 0.583. The molecule has 0 aliphatic carbocycles. The van der Waals surface area contributed by atoms with Crippen molar-refractivity contribution in [2.45, 2.75) is 25.5 Å². The molecule has 0 aromatic heterocycles. The summed E-state index contributed by atoms with van der Waals surface area (Å²) in [4.78, 5) is 23.6. The van der Waals surface area contributed by atoms with Crippen molar-refractivity contribution in [3.8, 4) is 0 Å². The smallest absolute Gasteiger partial charge is 0.251 e. The van der Waals surface area contributed by atoms with Crippen LogP contribution in [0.15, 0.2) is 24.3 Å². The van der Waals surface area contributed by atoms with Gasteiger partial charge in [0, 0.05) is 24.8 Å². The van der Waals surface area contributed by atoms with Crippen molar-refractivity contribution in [3.63, 3.8) is 0 Å². The van der Waals surface area contributed by atoms with Crippen molar-refractivity contribution >= 4 is 11.7 Å². The minimum absolute atomic E-state index is 0.0551. The standard InChI is InChI=1S/C15H19NO4/c1-10(17)11-4-3-5-12(8-11)15(18)16-13-6-7-20-9-14(13)19-2/h3-5,8,13-14H,6-7,9H2,1-2H3,(H,16,18)/t13-,14-/m1/s1. The molecular weight excluding hydrogens is 258 g/mol. The number of benzene rings is 1. The highest BCUT2D eigenvalue weighted by Gasteiger charge is 2.27. The SMILES string of the molecule is CO[C@@H]1COCC[C@H]1NC(=O)c1cccc(C(C)=O)c1. The second-order valence-corrected chi connectivity index (χ2v) is 4.85. The molecule has 0 saturated carbocycles. The highest BCUT2D eigenvalue weighted by atomic mass is 16.5. The van der Waals surface area contributed by atoms with Gasteiger partial charge in [-0.3, -0.25) is 9.59 Å². The van der Waals surface area contributed by atoms with Gasteiger partial charge in [-0.15, -0.1) is 0 Å². The molecule has 1 heterocycles. The Morgan fingerprint density at radius 1 is 1.35 bits per heavy atom. The molecule has 5 nitrogen and oxygen atoms in total. The third-order valence-electron chi connectivity index (χ3n) is 3.45. The number of ketones is 1. The van der Waals surface area contributed by atoms with Crippen LogP contribution in [0, 0.1) is 0 Å². The van der Waals surface area contributed by atoms with Gasteiger partial charge in [-0.2, -0.15) is 0 Å². The number of rotatable bonds is 4. The lowest BCUT2D eigenvalue weighted by molar-refractivity contribution is -0.0479. The van der Waals surface area contributed by atoms with Crippen molar-refractivity contribution in [2.75, 3.05) is 20.3 Å². The van der Waals surface area contributed by atoms with Crippen molar-refractivity contribution in [1.29, 1.82) is 0 Å². The van der Waals surface area contributed by atoms with E-state index in [1.165, 1.54) is 6.92 Å². The molecule has 1 saturated heterocycles. The van der Waals surface area contributed by atoms with Gasteiger partial charge < -0.3 is 14.8 Å². The number of hydrogen-bond donors (Lipinski definition) is 1. The van der Waals surface area contributed by atoms with Gasteiger partial charge in [-0.1, -0.05) is 12.1 Å². The second-order valence-electron chi connectivity index (χ2n) is 4.85. The minimum Gasteiger partial charge on any atom is -0.379 e. The zero-order valence-electron chi connectivity index (χ0n) is 11.7. The molecule has 2 rings (SSSR count). The number of carbonyl (C=O) groups excluding carboxylic acids is 2. The fourth-order valence-electron chi connectivity index (χ4n) is 2.24. The number of hydrogen-bond acceptors (Lipinski definition) is 4. The summed E-state index contributed by atoms with van der Waals surface area (Å²) in [5.41, 5.74) is 1.02. The molecule has 0 radical (unpaired) electrons. The van der Waals surface area contributed by atoms with Crippen LogP contribution in [0.3, 0.4) is 0 Å². The van der Waals surface area contributed by atoms with Crippen LogP contribution in [0.4, 0.5) is 0 Å². The molecule has 5 heteroatoms. The van der Waals surface area contributed by atoms with Crippen LogP contribution in [0.2, 0.25) is 0 Å². The molecule has 1 N–H and O–H groups in total. The van der Waals surface area contributed by atoms with Gasteiger partial charge in [0.15, 0.2) is 5.78 Å². The molecule has 0 spiro atoms. The maximum Gasteiger partial charge on any atom is 0.251 e. The van der Waals surface area contributed by atoms with E-state index in [0.29, 0.717) is 24.3 Å². The second kappa shape index (κ2) is 6.63. The Kier molecular flexibility index (Phi) is 4.87. The molecule has 108 valence electrons. The van der Waals surface area contributed by atoms with E-state index in [-0.39, 0.29) is 23.8 Å². The number of carbonyl (C=O) groups is 2. The Bertz CT molecular complexity index is 500. The predicted octanol–water partition coefficient (Wildman–Crippen LogP) is 1.42. The molecule has 1 aromatic rings. The van der Waals surface area contributed by atoms with Crippen LogP contribution in [-0.2, 0) is 9.47 Å². The lowest BCUT2D eigenvalue weighted by Crippen LogP contribution is -2.49. The fraction of sp³-hybridized carbons (Fsp3) is 0.467. The van der Waals surface area contributed by atoms with Crippen LogP contribution < -0.4 is 5.32 Å². The third-order valence-corrected chi connectivity index (χ3v) is 3.45. The van der Waals surface area contributed by atoms with Crippen molar-refractivity contribution in [1.82, 2.24) is 5.32 Å². The van der Waals surface area contributed by atoms with E-state index >= 15 is 0 Å². The highest BCUT2D eigenvalue weighted by Crippen LogP contribution is 2.12. The van der Waals surface area contributed by atoms with Crippen LogP contribution in [0.25, 0.3) is 0 Å². The Balaban J connectivity index is 2.07. The predicted molar refractivity (Wildman–Crippen MR) is 73.9 cm³/mol. The summed E-state index contributed by atoms with van der Waals surface area (Å²) in [6, 6.07) is 6.65. The van der Waals surface area contributed by atoms with Crippen LogP contribution >= 0.6 is 0 Å². The molecule has 20 heavy (non-hydrogen) atoms. The highest BCUT2D eigenvalue weighted by molar-refractivity contribution is 5.99. The summed E-state index contributed by atoms with van der Waals surface area (Å²) >= 11 is 0. The summed E-state index contributed by atoms with van der Waals surface area (Å²) in [6.45, 7) is 2.57. The maximum atomic E-state index is 12.2. The zero-order chi connectivity index (χ0) is 14.5. The molecule has 1 aliphatic heterocycles. The van der Waals surface area contributed by atoms with E-state index in [0.717, 1.165) is 6.42 Å². The van der Waals surface area contributed by atoms with Gasteiger partial charge in [0.25, 0.3) is 5.91 Å². The molecule has 1 aliphatic rings. The van der Waals surface area contributed by atoms with Crippen molar-refractivity contribution in [3.05, 3.63) is 35.4 Å². The van der Waals surface area contributed by atoms with Crippen LogP contribution in [-0.4, -0.2) is 44.2 Å². The molecule has 2 atom stereocenters. The quantitative estimate of drug-likeness (QED) is 0.845. The molecule has 0 unspecified atom stereocenters. The summed E-state index contributed by atoms with van der Waals surface area (Å²) < 4.78 is 10.6. The average Bonchev–Trinajstić information content (AvgIpc) is 2.48. The van der Waals surface area contributed by atoms with Gasteiger partial charge in [0.05, 0.1) is 12.6 Å². The first-order valence-electron chi connectivity index (χ1n) is 6.64. The van der Waals surface area contributed by atoms with Gasteiger partial charge in [0.2, 0.25) is 0 Å². The van der Waals surface area contributed by atoms with E-state index in [4.69, 9.17) is 9.47 Å². The molecule has 1 fully saturated rings. The van der Waals surface area contributed by atoms with E-state index in [9.17, 15) is 9.59 Å². The number of Topliss-reactive ketones (excluding diaryl/α,β-unsaturated/α-hetero) is 1. The van der Waals surface area contributed by atoms with E-state index in [1.54, 1.807) is 31.4 Å². The fourth-order valence-corrected chi connectivity index (χ4v) is 2.24. The Hall–Kier alpha value is -1.72. The monoisotopic (exact) mass is 277 g/mol. The largest absolute Gasteiger partial charge is 0.379 e. The lowest BCUT2D eigenvalue weighted by Gasteiger charge is -2.31. The van der Waals surface area contributed by atoms with Crippen LogP contribution in [0.1, 0.15) is 34.1 Å². The molecule has 0 bridgehead atoms. The Labute approximate surface area is 118 Å². The first-order valence-corrected chi connectivity index (χ1v) is 6.64. The lowest BCUT2D eigenvalue weighted by atomic mass is 10.0. The van der Waals surface area contributed by atoms with E-state index in [1.807, 2.05) is 0 Å². The first kappa shape index (κ1) is 14.7. The zero-order valence-corrected chi connectivity index (χ0v) is 11.7. The van der Waals surface area contributed by atoms with E-state index in [2.05, 4.69) is 5.32 Å². The molecule has 1 aromatic carbocycles. The molecule has 1 amide bonds. The minimum atomic E-state index is -0.193. The van der Waals surface area contributed by atoms with Crippen molar-refractivity contribution < 1.29 is 19.1 Å². The number of amides is 1. The average molecular weight is 277 g/mol. The number of nitrogens with one attached hydrogen (secondary N) is 1. The third kappa shape index (κ3) is 3.43. The van der Waals surface area contributed by atoms with Gasteiger partial charge in [-0.25, -0.2) is 0 Å². The summed E-state index contributed by atoms with van der Waals surface area (Å²) in [5, 5.41) is 2.95. The first-order chi connectivity index (χ1) is 9.61. The normalized spacial score (nSPS) is 22.3. The van der Waals surface area contributed by atoms with Crippen LogP contribution in [0.5, 0.6) is 0 Å². The molecular formula is C15H19NO4.